The van der Waals surface area contributed by atoms with Crippen molar-refractivity contribution in [1.29, 1.82) is 0 Å². The minimum Gasteiger partial charge on any atom is -0.508 e. The van der Waals surface area contributed by atoms with Gasteiger partial charge in [-0.15, -0.1) is 0 Å². The Hall–Kier alpha value is -2.99. The molecule has 160 valence electrons. The van der Waals surface area contributed by atoms with Gasteiger partial charge in [0.05, 0.1) is 22.9 Å². The van der Waals surface area contributed by atoms with Gasteiger partial charge in [-0.25, -0.2) is 0 Å². The number of ketones is 1. The second-order valence-corrected chi connectivity index (χ2v) is 7.34. The monoisotopic (exact) mass is 410 g/mol. The molecule has 1 aromatic carbocycles. The third-order valence-electron chi connectivity index (χ3n) is 5.86. The summed E-state index contributed by atoms with van der Waals surface area (Å²) in [6, 6.07) is 4.93. The van der Waals surface area contributed by atoms with Crippen LogP contribution >= 0.6 is 0 Å². The normalized spacial score (nSPS) is 21.2. The van der Waals surface area contributed by atoms with Crippen molar-refractivity contribution < 1.29 is 20.1 Å². The summed E-state index contributed by atoms with van der Waals surface area (Å²) in [5.74, 6) is -0.449. The maximum Gasteiger partial charge on any atom is 0.201 e. The Balaban J connectivity index is 1.94. The van der Waals surface area contributed by atoms with Crippen LogP contribution in [0.3, 0.4) is 0 Å². The number of benzene rings is 1. The molecule has 0 spiro atoms. The van der Waals surface area contributed by atoms with Crippen LogP contribution in [0.4, 0.5) is 5.69 Å². The van der Waals surface area contributed by atoms with E-state index in [1.807, 2.05) is 38.7 Å². The molecule has 0 bridgehead atoms. The highest BCUT2D eigenvalue weighted by Gasteiger charge is 2.38. The number of carbonyl (C=O) groups is 1. The second-order valence-electron chi connectivity index (χ2n) is 7.34. The van der Waals surface area contributed by atoms with Crippen molar-refractivity contribution in [3.05, 3.63) is 64.7 Å². The van der Waals surface area contributed by atoms with Gasteiger partial charge < -0.3 is 20.2 Å². The van der Waals surface area contributed by atoms with E-state index in [-0.39, 0.29) is 40.2 Å². The molecule has 2 aliphatic rings. The van der Waals surface area contributed by atoms with Crippen molar-refractivity contribution in [3.8, 4) is 5.75 Å². The van der Waals surface area contributed by atoms with Crippen LogP contribution in [0.1, 0.15) is 33.3 Å². The average Bonchev–Trinajstić information content (AvgIpc) is 2.73. The number of aliphatic hydroxyl groups is 2. The van der Waals surface area contributed by atoms with E-state index >= 15 is 0 Å². The lowest BCUT2D eigenvalue weighted by atomic mass is 9.79. The van der Waals surface area contributed by atoms with Crippen LogP contribution in [-0.2, 0) is 4.79 Å². The number of carbonyl (C=O) groups excluding carboxylic acids is 1. The smallest absolute Gasteiger partial charge is 0.201 e. The second kappa shape index (κ2) is 8.79. The van der Waals surface area contributed by atoms with Gasteiger partial charge in [0.15, 0.2) is 0 Å². The first-order chi connectivity index (χ1) is 14.4. The first-order valence-corrected chi connectivity index (χ1v) is 10.5. The summed E-state index contributed by atoms with van der Waals surface area (Å²) in [6.07, 6.45) is 5.30. The van der Waals surface area contributed by atoms with Gasteiger partial charge >= 0.3 is 0 Å². The average molecular weight is 411 g/mol. The number of hydrogen-bond donors (Lipinski definition) is 3. The van der Waals surface area contributed by atoms with Gasteiger partial charge in [-0.05, 0) is 50.7 Å². The van der Waals surface area contributed by atoms with E-state index in [0.29, 0.717) is 16.8 Å². The van der Waals surface area contributed by atoms with Crippen LogP contribution in [0.5, 0.6) is 5.75 Å². The Labute approximate surface area is 177 Å². The molecule has 3 rings (SSSR count). The number of hydrogen-bond acceptors (Lipinski definition) is 6. The van der Waals surface area contributed by atoms with Crippen LogP contribution in [-0.4, -0.2) is 58.2 Å². The number of aromatic hydroxyl groups is 1. The summed E-state index contributed by atoms with van der Waals surface area (Å²) in [4.78, 5) is 17.0. The van der Waals surface area contributed by atoms with E-state index in [0.717, 1.165) is 26.2 Å². The maximum absolute atomic E-state index is 12.8. The molecule has 0 fully saturated rings. The fraction of sp³-hybridized carbons (Fsp3) is 0.375. The SMILES string of the molecule is CCN(CC)c1ccc(C2=C(O)C(=C3C=CC(N(CC)CC)C=C3O)C2=O)cc1O. The highest BCUT2D eigenvalue weighted by molar-refractivity contribution is 6.39. The molecule has 1 unspecified atom stereocenters. The number of anilines is 1. The lowest BCUT2D eigenvalue weighted by molar-refractivity contribution is -0.111. The molecule has 0 saturated heterocycles. The standard InChI is InChI=1S/C24H30N2O4/c1-5-25(6-2)16-10-11-17(19(27)14-16)22-23(29)21(24(22)30)15-9-12-18(20(28)13-15)26(7-3)8-4/h9-14,16,27-29H,5-8H2,1-4H3. The summed E-state index contributed by atoms with van der Waals surface area (Å²) in [5.41, 5.74) is 1.74. The van der Waals surface area contributed by atoms with Gasteiger partial charge in [0.1, 0.15) is 17.3 Å². The number of phenolic OH excluding ortho intramolecular Hbond substituents is 1. The lowest BCUT2D eigenvalue weighted by Gasteiger charge is -2.29. The number of phenols is 1. The molecule has 6 heteroatoms. The van der Waals surface area contributed by atoms with Crippen molar-refractivity contribution in [3.63, 3.8) is 0 Å². The lowest BCUT2D eigenvalue weighted by Crippen LogP contribution is -2.34. The van der Waals surface area contributed by atoms with Crippen LogP contribution in [0, 0.1) is 0 Å². The molecule has 1 atom stereocenters. The van der Waals surface area contributed by atoms with E-state index in [1.165, 1.54) is 6.07 Å². The highest BCUT2D eigenvalue weighted by atomic mass is 16.3. The molecule has 0 radical (unpaired) electrons. The number of nitrogens with zero attached hydrogens (tertiary/aromatic N) is 2. The third kappa shape index (κ3) is 3.63. The van der Waals surface area contributed by atoms with Crippen LogP contribution in [0.2, 0.25) is 0 Å². The van der Waals surface area contributed by atoms with Crippen molar-refractivity contribution in [2.24, 2.45) is 0 Å². The van der Waals surface area contributed by atoms with Gasteiger partial charge in [-0.3, -0.25) is 9.69 Å². The number of allylic oxidation sites excluding steroid dienone is 3. The Morgan fingerprint density at radius 1 is 0.933 bits per heavy atom. The van der Waals surface area contributed by atoms with Crippen molar-refractivity contribution in [2.45, 2.75) is 33.7 Å². The maximum atomic E-state index is 12.8. The van der Waals surface area contributed by atoms with E-state index in [1.54, 1.807) is 24.3 Å². The molecule has 0 amide bonds. The molecule has 0 saturated carbocycles. The summed E-state index contributed by atoms with van der Waals surface area (Å²) >= 11 is 0. The Kier molecular flexibility index (Phi) is 6.37. The molecular formula is C24H30N2O4. The first kappa shape index (κ1) is 21.7. The first-order valence-electron chi connectivity index (χ1n) is 10.5. The van der Waals surface area contributed by atoms with Crippen molar-refractivity contribution in [2.75, 3.05) is 31.1 Å². The summed E-state index contributed by atoms with van der Waals surface area (Å²) in [7, 11) is 0. The van der Waals surface area contributed by atoms with Gasteiger partial charge in [0.25, 0.3) is 0 Å². The summed E-state index contributed by atoms with van der Waals surface area (Å²) in [5, 5.41) is 31.5. The topological polar surface area (TPSA) is 84.2 Å². The summed E-state index contributed by atoms with van der Waals surface area (Å²) in [6.45, 7) is 11.3. The summed E-state index contributed by atoms with van der Waals surface area (Å²) < 4.78 is 0. The highest BCUT2D eigenvalue weighted by Crippen LogP contribution is 2.42. The van der Waals surface area contributed by atoms with Crippen LogP contribution < -0.4 is 4.90 Å². The molecule has 0 aromatic heterocycles. The van der Waals surface area contributed by atoms with Crippen LogP contribution in [0.15, 0.2) is 59.1 Å². The predicted molar refractivity (Wildman–Crippen MR) is 120 cm³/mol. The molecule has 0 aliphatic heterocycles. The molecule has 3 N–H and O–H groups in total. The molecule has 6 nitrogen and oxygen atoms in total. The Morgan fingerprint density at radius 2 is 1.60 bits per heavy atom. The van der Waals surface area contributed by atoms with Crippen molar-refractivity contribution >= 4 is 17.0 Å². The van der Waals surface area contributed by atoms with Crippen LogP contribution in [0.25, 0.3) is 5.57 Å². The van der Waals surface area contributed by atoms with Gasteiger partial charge in [-0.2, -0.15) is 0 Å². The molecule has 2 aliphatic carbocycles. The fourth-order valence-corrected chi connectivity index (χ4v) is 4.10. The largest absolute Gasteiger partial charge is 0.508 e. The number of rotatable bonds is 7. The number of aliphatic hydroxyl groups excluding tert-OH is 2. The van der Waals surface area contributed by atoms with E-state index in [9.17, 15) is 20.1 Å². The zero-order valence-corrected chi connectivity index (χ0v) is 18.0. The molecular weight excluding hydrogens is 380 g/mol. The third-order valence-corrected chi connectivity index (χ3v) is 5.86. The minimum absolute atomic E-state index is 0.0110. The van der Waals surface area contributed by atoms with Gasteiger partial charge in [0, 0.05) is 18.7 Å². The van der Waals surface area contributed by atoms with Crippen molar-refractivity contribution in [1.82, 2.24) is 4.90 Å². The molecule has 1 aromatic rings. The zero-order chi connectivity index (χ0) is 22.0. The predicted octanol–water partition coefficient (Wildman–Crippen LogP) is 4.11. The van der Waals surface area contributed by atoms with E-state index in [2.05, 4.69) is 4.90 Å². The van der Waals surface area contributed by atoms with Gasteiger partial charge in [0.2, 0.25) is 5.78 Å². The Morgan fingerprint density at radius 3 is 2.10 bits per heavy atom. The molecule has 0 heterocycles. The quantitative estimate of drug-likeness (QED) is 0.587. The van der Waals surface area contributed by atoms with Gasteiger partial charge in [-0.1, -0.05) is 32.1 Å². The number of Topliss-reactive ketones (excluding diaryl/α,β-unsaturated/α-hetero) is 1. The Bertz CT molecular complexity index is 963. The number of likely N-dealkylation sites (N-methyl/N-ethyl adjacent to an activating group) is 1. The minimum atomic E-state index is -0.344. The zero-order valence-electron chi connectivity index (χ0n) is 18.0. The fourth-order valence-electron chi connectivity index (χ4n) is 4.10. The molecule has 30 heavy (non-hydrogen) atoms. The van der Waals surface area contributed by atoms with E-state index in [4.69, 9.17) is 0 Å². The van der Waals surface area contributed by atoms with E-state index < -0.39 is 0 Å².